The van der Waals surface area contributed by atoms with Gasteiger partial charge in [0.05, 0.1) is 11.0 Å². The van der Waals surface area contributed by atoms with Crippen LogP contribution in [0.15, 0.2) is 0 Å². The van der Waals surface area contributed by atoms with E-state index in [2.05, 4.69) is 24.3 Å². The lowest BCUT2D eigenvalue weighted by Gasteiger charge is -2.36. The smallest absolute Gasteiger partial charge is 0.153 e. The third kappa shape index (κ3) is 3.93. The number of nitrogens with zero attached hydrogens (tertiary/aromatic N) is 1. The van der Waals surface area contributed by atoms with Crippen LogP contribution in [0, 0.1) is 0 Å². The first-order chi connectivity index (χ1) is 8.30. The highest BCUT2D eigenvalue weighted by molar-refractivity contribution is 7.92. The summed E-state index contributed by atoms with van der Waals surface area (Å²) in [5.74, 6) is 0.244. The van der Waals surface area contributed by atoms with Crippen LogP contribution in [0.25, 0.3) is 0 Å². The second-order valence-corrected chi connectivity index (χ2v) is 8.60. The van der Waals surface area contributed by atoms with Crippen molar-refractivity contribution in [2.24, 2.45) is 0 Å². The van der Waals surface area contributed by atoms with E-state index in [0.717, 1.165) is 6.54 Å². The molecule has 0 radical (unpaired) electrons. The van der Waals surface area contributed by atoms with Gasteiger partial charge in [0.25, 0.3) is 0 Å². The normalized spacial score (nSPS) is 19.9. The Morgan fingerprint density at radius 2 is 1.78 bits per heavy atom. The molecule has 0 amide bonds. The van der Waals surface area contributed by atoms with E-state index in [9.17, 15) is 8.42 Å². The average Bonchev–Trinajstić information content (AvgIpc) is 2.74. The highest BCUT2D eigenvalue weighted by Gasteiger charge is 2.35. The van der Waals surface area contributed by atoms with Gasteiger partial charge in [0.1, 0.15) is 0 Å². The summed E-state index contributed by atoms with van der Waals surface area (Å²) >= 11 is 0. The van der Waals surface area contributed by atoms with Gasteiger partial charge in [-0.05, 0) is 40.8 Å². The van der Waals surface area contributed by atoms with Crippen LogP contribution in [0.3, 0.4) is 0 Å². The lowest BCUT2D eigenvalue weighted by Crippen LogP contribution is -2.50. The maximum atomic E-state index is 11.7. The molecule has 0 atom stereocenters. The molecular formula is C13H28N2O2S. The van der Waals surface area contributed by atoms with Crippen LogP contribution in [0.1, 0.15) is 39.5 Å². The maximum absolute atomic E-state index is 11.7. The van der Waals surface area contributed by atoms with E-state index >= 15 is 0 Å². The van der Waals surface area contributed by atoms with Crippen LogP contribution in [0.2, 0.25) is 0 Å². The van der Waals surface area contributed by atoms with Gasteiger partial charge in [-0.3, -0.25) is 0 Å². The molecule has 1 N–H and O–H groups in total. The molecule has 0 unspecified atom stereocenters. The van der Waals surface area contributed by atoms with Crippen LogP contribution in [0.5, 0.6) is 0 Å². The summed E-state index contributed by atoms with van der Waals surface area (Å²) in [6.45, 7) is 4.95. The average molecular weight is 276 g/mol. The van der Waals surface area contributed by atoms with Gasteiger partial charge in [-0.15, -0.1) is 0 Å². The molecule has 5 heteroatoms. The molecule has 0 spiro atoms. The third-order valence-corrected chi connectivity index (χ3v) is 6.43. The summed E-state index contributed by atoms with van der Waals surface area (Å²) in [5, 5.41) is 3.07. The Kier molecular flexibility index (Phi) is 5.62. The summed E-state index contributed by atoms with van der Waals surface area (Å²) in [4.78, 5) is 2.30. The van der Waals surface area contributed by atoms with Crippen molar-refractivity contribution < 1.29 is 8.42 Å². The van der Waals surface area contributed by atoms with Crippen LogP contribution >= 0.6 is 0 Å². The molecule has 1 aliphatic rings. The zero-order valence-corrected chi connectivity index (χ0v) is 13.0. The van der Waals surface area contributed by atoms with Crippen LogP contribution in [-0.2, 0) is 9.84 Å². The fraction of sp³-hybridized carbons (Fsp3) is 1.00. The number of rotatable bonds is 7. The number of hydrogen-bond acceptors (Lipinski definition) is 4. The highest BCUT2D eigenvalue weighted by atomic mass is 32.2. The fourth-order valence-electron chi connectivity index (χ4n) is 2.59. The standard InChI is InChI=1S/C13H28N2O2S/c1-12(2)18(16,17)10-9-14-11-13(15(3)4)7-5-6-8-13/h12,14H,5-11H2,1-4H3. The van der Waals surface area contributed by atoms with E-state index in [-0.39, 0.29) is 16.5 Å². The Hall–Kier alpha value is -0.130. The minimum atomic E-state index is -2.91. The molecule has 0 aromatic heterocycles. The molecule has 4 nitrogen and oxygen atoms in total. The van der Waals surface area contributed by atoms with Gasteiger partial charge in [0.15, 0.2) is 9.84 Å². The van der Waals surface area contributed by atoms with Gasteiger partial charge in [-0.1, -0.05) is 12.8 Å². The van der Waals surface area contributed by atoms with Crippen molar-refractivity contribution in [2.45, 2.75) is 50.3 Å². The molecule has 108 valence electrons. The number of sulfone groups is 1. The number of nitrogens with one attached hydrogen (secondary N) is 1. The predicted octanol–water partition coefficient (Wildman–Crippen LogP) is 1.27. The molecule has 18 heavy (non-hydrogen) atoms. The zero-order chi connectivity index (χ0) is 13.8. The van der Waals surface area contributed by atoms with Gasteiger partial charge in [-0.2, -0.15) is 0 Å². The van der Waals surface area contributed by atoms with Crippen molar-refractivity contribution in [1.29, 1.82) is 0 Å². The molecule has 0 saturated heterocycles. The first kappa shape index (κ1) is 15.9. The second kappa shape index (κ2) is 6.35. The maximum Gasteiger partial charge on any atom is 0.153 e. The second-order valence-electron chi connectivity index (χ2n) is 5.92. The topological polar surface area (TPSA) is 49.4 Å². The molecule has 0 aromatic rings. The zero-order valence-electron chi connectivity index (χ0n) is 12.2. The first-order valence-electron chi connectivity index (χ1n) is 6.90. The first-order valence-corrected chi connectivity index (χ1v) is 8.61. The summed E-state index contributed by atoms with van der Waals surface area (Å²) in [5.41, 5.74) is 0.238. The Labute approximate surface area is 112 Å². The minimum absolute atomic E-state index is 0.238. The van der Waals surface area contributed by atoms with Crippen molar-refractivity contribution in [2.75, 3.05) is 32.9 Å². The highest BCUT2D eigenvalue weighted by Crippen LogP contribution is 2.32. The summed E-state index contributed by atoms with van der Waals surface area (Å²) in [6.07, 6.45) is 4.99. The minimum Gasteiger partial charge on any atom is -0.314 e. The van der Waals surface area contributed by atoms with Crippen molar-refractivity contribution in [3.8, 4) is 0 Å². The van der Waals surface area contributed by atoms with Gasteiger partial charge >= 0.3 is 0 Å². The van der Waals surface area contributed by atoms with E-state index in [1.807, 2.05) is 0 Å². The van der Waals surface area contributed by atoms with Crippen LogP contribution in [-0.4, -0.2) is 57.0 Å². The van der Waals surface area contributed by atoms with Crippen molar-refractivity contribution >= 4 is 9.84 Å². The monoisotopic (exact) mass is 276 g/mol. The summed E-state index contributed by atoms with van der Waals surface area (Å²) in [7, 11) is 1.34. The fourth-order valence-corrected chi connectivity index (χ4v) is 3.49. The van der Waals surface area contributed by atoms with Crippen LogP contribution < -0.4 is 5.32 Å². The van der Waals surface area contributed by atoms with Crippen molar-refractivity contribution in [3.05, 3.63) is 0 Å². The molecule has 1 fully saturated rings. The predicted molar refractivity (Wildman–Crippen MR) is 76.7 cm³/mol. The quantitative estimate of drug-likeness (QED) is 0.712. The SMILES string of the molecule is CC(C)S(=O)(=O)CCNCC1(N(C)C)CCCC1. The molecule has 1 aliphatic carbocycles. The third-order valence-electron chi connectivity index (χ3n) is 4.22. The Morgan fingerprint density at radius 3 is 2.22 bits per heavy atom. The van der Waals surface area contributed by atoms with E-state index in [1.54, 1.807) is 13.8 Å². The van der Waals surface area contributed by atoms with E-state index in [1.165, 1.54) is 25.7 Å². The largest absolute Gasteiger partial charge is 0.314 e. The van der Waals surface area contributed by atoms with E-state index in [0.29, 0.717) is 6.54 Å². The van der Waals surface area contributed by atoms with Gasteiger partial charge in [0.2, 0.25) is 0 Å². The van der Waals surface area contributed by atoms with Gasteiger partial charge < -0.3 is 10.2 Å². The van der Waals surface area contributed by atoms with E-state index < -0.39 is 9.84 Å². The Morgan fingerprint density at radius 1 is 1.22 bits per heavy atom. The molecule has 0 bridgehead atoms. The number of hydrogen-bond donors (Lipinski definition) is 1. The van der Waals surface area contributed by atoms with Crippen LogP contribution in [0.4, 0.5) is 0 Å². The van der Waals surface area contributed by atoms with Gasteiger partial charge in [-0.25, -0.2) is 8.42 Å². The lowest BCUT2D eigenvalue weighted by molar-refractivity contribution is 0.155. The summed E-state index contributed by atoms with van der Waals surface area (Å²) in [6, 6.07) is 0. The lowest BCUT2D eigenvalue weighted by atomic mass is 9.96. The number of likely N-dealkylation sites (N-methyl/N-ethyl adjacent to an activating group) is 1. The molecule has 0 aromatic carbocycles. The molecule has 0 heterocycles. The van der Waals surface area contributed by atoms with Crippen molar-refractivity contribution in [1.82, 2.24) is 10.2 Å². The Balaban J connectivity index is 2.37. The Bertz CT molecular complexity index is 344. The van der Waals surface area contributed by atoms with Gasteiger partial charge in [0, 0.05) is 18.6 Å². The summed E-state index contributed by atoms with van der Waals surface area (Å²) < 4.78 is 23.4. The molecular weight excluding hydrogens is 248 g/mol. The van der Waals surface area contributed by atoms with E-state index in [4.69, 9.17) is 0 Å². The van der Waals surface area contributed by atoms with Crippen molar-refractivity contribution in [3.63, 3.8) is 0 Å². The molecule has 1 saturated carbocycles. The molecule has 0 aliphatic heterocycles. The molecule has 1 rings (SSSR count).